The molecule has 1 fully saturated rings. The van der Waals surface area contributed by atoms with E-state index in [9.17, 15) is 12.8 Å². The van der Waals surface area contributed by atoms with E-state index >= 15 is 0 Å². The summed E-state index contributed by atoms with van der Waals surface area (Å²) in [7, 11) is -3.25. The Morgan fingerprint density at radius 3 is 2.68 bits per heavy atom. The Morgan fingerprint density at radius 2 is 2.00 bits per heavy atom. The molecule has 25 heavy (non-hydrogen) atoms. The third kappa shape index (κ3) is 6.48. The van der Waals surface area contributed by atoms with Crippen molar-refractivity contribution in [1.82, 2.24) is 14.9 Å². The molecular weight excluding hydrogens is 363 g/mol. The van der Waals surface area contributed by atoms with Gasteiger partial charge in [0.15, 0.2) is 5.96 Å². The van der Waals surface area contributed by atoms with Crippen LogP contribution in [0.4, 0.5) is 4.39 Å². The highest BCUT2D eigenvalue weighted by Gasteiger charge is 2.23. The van der Waals surface area contributed by atoms with Gasteiger partial charge >= 0.3 is 0 Å². The lowest BCUT2D eigenvalue weighted by molar-refractivity contribution is 0.443. The van der Waals surface area contributed by atoms with Crippen molar-refractivity contribution in [2.75, 3.05) is 43.4 Å². The maximum absolute atomic E-state index is 13.6. The molecule has 0 spiro atoms. The Balaban J connectivity index is 1.88. The predicted octanol–water partition coefficient (Wildman–Crippen LogP) is 1.26. The Kier molecular flexibility index (Phi) is 7.98. The second-order valence-electron chi connectivity index (χ2n) is 5.54. The minimum atomic E-state index is -3.25. The number of sulfonamides is 1. The third-order valence-electron chi connectivity index (χ3n) is 3.73. The molecule has 0 saturated carbocycles. The second kappa shape index (κ2) is 9.98. The lowest BCUT2D eigenvalue weighted by atomic mass is 10.2. The molecule has 1 aromatic carbocycles. The predicted molar refractivity (Wildman–Crippen MR) is 102 cm³/mol. The summed E-state index contributed by atoms with van der Waals surface area (Å²) >= 11 is 1.77. The first-order chi connectivity index (χ1) is 12.0. The van der Waals surface area contributed by atoms with Crippen molar-refractivity contribution in [1.29, 1.82) is 0 Å². The van der Waals surface area contributed by atoms with Gasteiger partial charge in [-0.25, -0.2) is 22.1 Å². The number of hydrogen-bond acceptors (Lipinski definition) is 4. The van der Waals surface area contributed by atoms with Crippen LogP contribution in [-0.4, -0.2) is 62.1 Å². The van der Waals surface area contributed by atoms with E-state index in [1.54, 1.807) is 34.3 Å². The van der Waals surface area contributed by atoms with Crippen LogP contribution in [0, 0.1) is 5.82 Å². The Hall–Kier alpha value is -1.32. The number of rotatable bonds is 7. The summed E-state index contributed by atoms with van der Waals surface area (Å²) in [5.41, 5.74) is 0.498. The molecule has 1 aromatic rings. The van der Waals surface area contributed by atoms with Crippen LogP contribution in [0.1, 0.15) is 12.5 Å². The Labute approximate surface area is 153 Å². The highest BCUT2D eigenvalue weighted by atomic mass is 32.2. The second-order valence-corrected chi connectivity index (χ2v) is 8.85. The molecule has 0 radical (unpaired) electrons. The van der Waals surface area contributed by atoms with Crippen LogP contribution in [0.3, 0.4) is 0 Å². The zero-order chi connectivity index (χ0) is 18.1. The molecule has 2 N–H and O–H groups in total. The van der Waals surface area contributed by atoms with E-state index in [4.69, 9.17) is 0 Å². The van der Waals surface area contributed by atoms with Crippen molar-refractivity contribution in [2.45, 2.75) is 13.5 Å². The van der Waals surface area contributed by atoms with Gasteiger partial charge in [0.05, 0.1) is 12.3 Å². The summed E-state index contributed by atoms with van der Waals surface area (Å²) in [6, 6.07) is 6.48. The minimum absolute atomic E-state index is 0.0157. The average Bonchev–Trinajstić information content (AvgIpc) is 2.61. The lowest BCUT2D eigenvalue weighted by Gasteiger charge is -2.25. The van der Waals surface area contributed by atoms with E-state index in [1.165, 1.54) is 6.07 Å². The van der Waals surface area contributed by atoms with Gasteiger partial charge in [0.1, 0.15) is 5.82 Å². The van der Waals surface area contributed by atoms with Crippen LogP contribution < -0.4 is 10.6 Å². The number of nitrogens with zero attached hydrogens (tertiary/aromatic N) is 2. The van der Waals surface area contributed by atoms with Gasteiger partial charge in [-0.05, 0) is 13.0 Å². The first-order valence-electron chi connectivity index (χ1n) is 8.34. The quantitative estimate of drug-likeness (QED) is 0.543. The van der Waals surface area contributed by atoms with E-state index in [-0.39, 0.29) is 24.7 Å². The van der Waals surface area contributed by atoms with Gasteiger partial charge in [0, 0.05) is 43.2 Å². The van der Waals surface area contributed by atoms with Crippen LogP contribution in [0.25, 0.3) is 0 Å². The summed E-state index contributed by atoms with van der Waals surface area (Å²) < 4.78 is 39.8. The molecule has 1 heterocycles. The molecular formula is C16H25FN4O2S2. The number of thioether (sulfide) groups is 1. The zero-order valence-corrected chi connectivity index (χ0v) is 16.0. The van der Waals surface area contributed by atoms with Crippen LogP contribution >= 0.6 is 11.8 Å². The number of halogens is 1. The van der Waals surface area contributed by atoms with E-state index in [1.807, 2.05) is 6.92 Å². The first-order valence-corrected chi connectivity index (χ1v) is 11.1. The van der Waals surface area contributed by atoms with Gasteiger partial charge in [0.2, 0.25) is 10.0 Å². The maximum atomic E-state index is 13.6. The SMILES string of the molecule is CCNC(=NCc1ccccc1F)NCCS(=O)(=O)N1CCSCC1. The first kappa shape index (κ1) is 20.0. The number of aliphatic imine (C=N–C) groups is 1. The minimum Gasteiger partial charge on any atom is -0.357 e. The molecule has 0 bridgehead atoms. The summed E-state index contributed by atoms with van der Waals surface area (Å²) in [6.07, 6.45) is 0. The molecule has 9 heteroatoms. The van der Waals surface area contributed by atoms with Crippen molar-refractivity contribution in [3.63, 3.8) is 0 Å². The number of nitrogens with one attached hydrogen (secondary N) is 2. The third-order valence-corrected chi connectivity index (χ3v) is 6.54. The van der Waals surface area contributed by atoms with Crippen molar-refractivity contribution in [3.05, 3.63) is 35.6 Å². The summed E-state index contributed by atoms with van der Waals surface area (Å²) in [5, 5.41) is 6.05. The van der Waals surface area contributed by atoms with E-state index in [0.29, 0.717) is 31.2 Å². The molecule has 1 aliphatic heterocycles. The fraction of sp³-hybridized carbons (Fsp3) is 0.562. The van der Waals surface area contributed by atoms with Gasteiger partial charge in [-0.3, -0.25) is 0 Å². The topological polar surface area (TPSA) is 73.8 Å². The van der Waals surface area contributed by atoms with Gasteiger partial charge in [-0.2, -0.15) is 11.8 Å². The number of guanidine groups is 1. The van der Waals surface area contributed by atoms with Crippen LogP contribution in [0.5, 0.6) is 0 Å². The van der Waals surface area contributed by atoms with Crippen molar-refractivity contribution in [3.8, 4) is 0 Å². The van der Waals surface area contributed by atoms with Gasteiger partial charge in [-0.1, -0.05) is 18.2 Å². The molecule has 2 rings (SSSR count). The summed E-state index contributed by atoms with van der Waals surface area (Å²) in [5.74, 6) is 1.89. The van der Waals surface area contributed by atoms with E-state index in [0.717, 1.165) is 11.5 Å². The van der Waals surface area contributed by atoms with Crippen molar-refractivity contribution < 1.29 is 12.8 Å². The van der Waals surface area contributed by atoms with Gasteiger partial charge < -0.3 is 10.6 Å². The molecule has 0 aliphatic carbocycles. The van der Waals surface area contributed by atoms with Crippen molar-refractivity contribution in [2.24, 2.45) is 4.99 Å². The number of hydrogen-bond donors (Lipinski definition) is 2. The summed E-state index contributed by atoms with van der Waals surface area (Å²) in [6.45, 7) is 4.16. The smallest absolute Gasteiger partial charge is 0.215 e. The van der Waals surface area contributed by atoms with Crippen LogP contribution in [0.15, 0.2) is 29.3 Å². The number of benzene rings is 1. The standard InChI is InChI=1S/C16H25FN4O2S2/c1-2-18-16(20-13-14-5-3-4-6-15(14)17)19-7-12-25(22,23)21-8-10-24-11-9-21/h3-6H,2,7-13H2,1H3,(H2,18,19,20). The fourth-order valence-corrected chi connectivity index (χ4v) is 4.88. The molecule has 1 aliphatic rings. The molecule has 1 saturated heterocycles. The summed E-state index contributed by atoms with van der Waals surface area (Å²) in [4.78, 5) is 4.32. The normalized spacial score (nSPS) is 16.6. The lowest BCUT2D eigenvalue weighted by Crippen LogP contribution is -2.44. The molecule has 0 aromatic heterocycles. The largest absolute Gasteiger partial charge is 0.357 e. The molecule has 0 amide bonds. The highest BCUT2D eigenvalue weighted by molar-refractivity contribution is 7.99. The Morgan fingerprint density at radius 1 is 1.28 bits per heavy atom. The monoisotopic (exact) mass is 388 g/mol. The Bertz CT molecular complexity index is 676. The molecule has 0 unspecified atom stereocenters. The van der Waals surface area contributed by atoms with E-state index in [2.05, 4.69) is 15.6 Å². The highest BCUT2D eigenvalue weighted by Crippen LogP contribution is 2.13. The molecule has 6 nitrogen and oxygen atoms in total. The van der Waals surface area contributed by atoms with Gasteiger partial charge in [0.25, 0.3) is 0 Å². The zero-order valence-electron chi connectivity index (χ0n) is 14.4. The van der Waals surface area contributed by atoms with E-state index < -0.39 is 10.0 Å². The molecule has 140 valence electrons. The van der Waals surface area contributed by atoms with Crippen molar-refractivity contribution >= 4 is 27.7 Å². The molecule has 0 atom stereocenters. The average molecular weight is 389 g/mol. The fourth-order valence-electron chi connectivity index (χ4n) is 2.38. The van der Waals surface area contributed by atoms with Crippen LogP contribution in [-0.2, 0) is 16.6 Å². The van der Waals surface area contributed by atoms with Gasteiger partial charge in [-0.15, -0.1) is 0 Å². The van der Waals surface area contributed by atoms with Crippen LogP contribution in [0.2, 0.25) is 0 Å². The maximum Gasteiger partial charge on any atom is 0.215 e.